The van der Waals surface area contributed by atoms with E-state index in [1.54, 1.807) is 12.1 Å². The van der Waals surface area contributed by atoms with Gasteiger partial charge in [0.15, 0.2) is 0 Å². The number of benzene rings is 1. The van der Waals surface area contributed by atoms with Crippen LogP contribution in [0, 0.1) is 11.7 Å². The first-order chi connectivity index (χ1) is 7.98. The van der Waals surface area contributed by atoms with Gasteiger partial charge in [-0.05, 0) is 61.8 Å². The van der Waals surface area contributed by atoms with Crippen molar-refractivity contribution < 1.29 is 4.39 Å². The molecule has 94 valence electrons. The SMILES string of the molecule is CC1CCC(N)(Cc2cc(Cl)ccc2F)CC1. The number of hydrogen-bond donors (Lipinski definition) is 1. The van der Waals surface area contributed by atoms with Gasteiger partial charge in [0.2, 0.25) is 0 Å². The molecular formula is C14H19ClFN. The molecule has 2 rings (SSSR count). The Balaban J connectivity index is 2.12. The lowest BCUT2D eigenvalue weighted by Crippen LogP contribution is -2.45. The molecule has 0 radical (unpaired) electrons. The van der Waals surface area contributed by atoms with Gasteiger partial charge < -0.3 is 5.73 Å². The Bertz CT molecular complexity index is 397. The second kappa shape index (κ2) is 4.95. The molecule has 0 heterocycles. The number of rotatable bonds is 2. The Kier molecular flexibility index (Phi) is 3.74. The molecule has 1 aromatic carbocycles. The maximum absolute atomic E-state index is 13.7. The van der Waals surface area contributed by atoms with E-state index in [0.717, 1.165) is 31.6 Å². The molecule has 0 aromatic heterocycles. The summed E-state index contributed by atoms with van der Waals surface area (Å²) in [5.41, 5.74) is 6.76. The zero-order valence-electron chi connectivity index (χ0n) is 10.2. The van der Waals surface area contributed by atoms with Crippen LogP contribution in [0.5, 0.6) is 0 Å². The Morgan fingerprint density at radius 2 is 2.06 bits per heavy atom. The van der Waals surface area contributed by atoms with Crippen LogP contribution in [0.1, 0.15) is 38.2 Å². The van der Waals surface area contributed by atoms with Crippen LogP contribution in [0.3, 0.4) is 0 Å². The predicted octanol–water partition coefficient (Wildman–Crippen LogP) is 3.93. The van der Waals surface area contributed by atoms with Gasteiger partial charge in [-0.3, -0.25) is 0 Å². The van der Waals surface area contributed by atoms with Gasteiger partial charge in [-0.2, -0.15) is 0 Å². The Hall–Kier alpha value is -0.600. The molecule has 1 saturated carbocycles. The number of nitrogens with two attached hydrogens (primary N) is 1. The maximum Gasteiger partial charge on any atom is 0.126 e. The van der Waals surface area contributed by atoms with E-state index in [1.807, 2.05) is 0 Å². The Morgan fingerprint density at radius 1 is 1.41 bits per heavy atom. The molecule has 0 spiro atoms. The summed E-state index contributed by atoms with van der Waals surface area (Å²) in [6.45, 7) is 2.25. The lowest BCUT2D eigenvalue weighted by Gasteiger charge is -2.36. The summed E-state index contributed by atoms with van der Waals surface area (Å²) in [7, 11) is 0. The minimum Gasteiger partial charge on any atom is -0.325 e. The van der Waals surface area contributed by atoms with E-state index in [2.05, 4.69) is 6.92 Å². The standard InChI is InChI=1S/C14H19ClFN/c1-10-4-6-14(17,7-5-10)9-11-8-12(15)2-3-13(11)16/h2-3,8,10H,4-7,9,17H2,1H3. The Morgan fingerprint density at radius 3 is 2.71 bits per heavy atom. The summed E-state index contributed by atoms with van der Waals surface area (Å²) in [6.07, 6.45) is 4.81. The van der Waals surface area contributed by atoms with Gasteiger partial charge in [-0.25, -0.2) is 4.39 Å². The van der Waals surface area contributed by atoms with Crippen molar-refractivity contribution in [3.63, 3.8) is 0 Å². The van der Waals surface area contributed by atoms with Crippen molar-refractivity contribution in [3.8, 4) is 0 Å². The molecule has 17 heavy (non-hydrogen) atoms. The van der Waals surface area contributed by atoms with Crippen LogP contribution in [0.2, 0.25) is 5.02 Å². The smallest absolute Gasteiger partial charge is 0.126 e. The fourth-order valence-electron chi connectivity index (χ4n) is 2.57. The summed E-state index contributed by atoms with van der Waals surface area (Å²) < 4.78 is 13.7. The summed E-state index contributed by atoms with van der Waals surface area (Å²) in [6, 6.07) is 4.70. The zero-order valence-corrected chi connectivity index (χ0v) is 10.9. The molecule has 1 fully saturated rings. The van der Waals surface area contributed by atoms with Crippen LogP contribution in [-0.4, -0.2) is 5.54 Å². The molecular weight excluding hydrogens is 237 g/mol. The summed E-state index contributed by atoms with van der Waals surface area (Å²) in [5, 5.41) is 0.578. The molecule has 0 saturated heterocycles. The predicted molar refractivity (Wildman–Crippen MR) is 69.7 cm³/mol. The van der Waals surface area contributed by atoms with Gasteiger partial charge in [-0.1, -0.05) is 18.5 Å². The highest BCUT2D eigenvalue weighted by Crippen LogP contribution is 2.33. The van der Waals surface area contributed by atoms with Gasteiger partial charge in [0.25, 0.3) is 0 Å². The van der Waals surface area contributed by atoms with Gasteiger partial charge in [0.1, 0.15) is 5.82 Å². The second-order valence-corrected chi connectivity index (χ2v) is 5.89. The lowest BCUT2D eigenvalue weighted by atomic mass is 9.74. The van der Waals surface area contributed by atoms with Crippen LogP contribution in [0.25, 0.3) is 0 Å². The van der Waals surface area contributed by atoms with E-state index < -0.39 is 0 Å². The minimum absolute atomic E-state index is 0.196. The molecule has 2 N–H and O–H groups in total. The van der Waals surface area contributed by atoms with Crippen molar-refractivity contribution in [2.75, 3.05) is 0 Å². The zero-order chi connectivity index (χ0) is 12.5. The van der Waals surface area contributed by atoms with E-state index in [1.165, 1.54) is 6.07 Å². The van der Waals surface area contributed by atoms with E-state index in [-0.39, 0.29) is 11.4 Å². The minimum atomic E-state index is -0.252. The number of hydrogen-bond acceptors (Lipinski definition) is 1. The third-order valence-electron chi connectivity index (χ3n) is 3.82. The van der Waals surface area contributed by atoms with Crippen LogP contribution in [-0.2, 0) is 6.42 Å². The maximum atomic E-state index is 13.7. The third-order valence-corrected chi connectivity index (χ3v) is 4.06. The first-order valence-corrected chi connectivity index (χ1v) is 6.59. The van der Waals surface area contributed by atoms with E-state index in [4.69, 9.17) is 17.3 Å². The quantitative estimate of drug-likeness (QED) is 0.851. The highest BCUT2D eigenvalue weighted by Gasteiger charge is 2.31. The van der Waals surface area contributed by atoms with Crippen molar-refractivity contribution in [2.45, 2.75) is 44.6 Å². The van der Waals surface area contributed by atoms with Crippen LogP contribution >= 0.6 is 11.6 Å². The average molecular weight is 256 g/mol. The number of halogens is 2. The van der Waals surface area contributed by atoms with E-state index in [0.29, 0.717) is 17.0 Å². The second-order valence-electron chi connectivity index (χ2n) is 5.46. The molecule has 1 aliphatic carbocycles. The van der Waals surface area contributed by atoms with Crippen LogP contribution in [0.4, 0.5) is 4.39 Å². The normalized spacial score (nSPS) is 29.3. The third kappa shape index (κ3) is 3.20. The summed E-state index contributed by atoms with van der Waals surface area (Å²) >= 11 is 5.90. The highest BCUT2D eigenvalue weighted by atomic mass is 35.5. The molecule has 1 nitrogen and oxygen atoms in total. The lowest BCUT2D eigenvalue weighted by molar-refractivity contribution is 0.242. The summed E-state index contributed by atoms with van der Waals surface area (Å²) in [5.74, 6) is 0.550. The molecule has 3 heteroatoms. The molecule has 0 amide bonds. The summed E-state index contributed by atoms with van der Waals surface area (Å²) in [4.78, 5) is 0. The largest absolute Gasteiger partial charge is 0.325 e. The monoisotopic (exact) mass is 255 g/mol. The topological polar surface area (TPSA) is 26.0 Å². The molecule has 0 bridgehead atoms. The van der Waals surface area contributed by atoms with Gasteiger partial charge in [0, 0.05) is 10.6 Å². The van der Waals surface area contributed by atoms with E-state index >= 15 is 0 Å². The highest BCUT2D eigenvalue weighted by molar-refractivity contribution is 6.30. The van der Waals surface area contributed by atoms with Crippen molar-refractivity contribution in [1.82, 2.24) is 0 Å². The van der Waals surface area contributed by atoms with Gasteiger partial charge in [-0.15, -0.1) is 0 Å². The Labute approximate surface area is 107 Å². The molecule has 0 aliphatic heterocycles. The molecule has 0 unspecified atom stereocenters. The van der Waals surface area contributed by atoms with Crippen LogP contribution in [0.15, 0.2) is 18.2 Å². The molecule has 0 atom stereocenters. The van der Waals surface area contributed by atoms with Crippen molar-refractivity contribution in [1.29, 1.82) is 0 Å². The fraction of sp³-hybridized carbons (Fsp3) is 0.571. The van der Waals surface area contributed by atoms with Gasteiger partial charge >= 0.3 is 0 Å². The fourth-order valence-corrected chi connectivity index (χ4v) is 2.77. The first-order valence-electron chi connectivity index (χ1n) is 6.21. The average Bonchev–Trinajstić information content (AvgIpc) is 2.28. The van der Waals surface area contributed by atoms with Crippen molar-refractivity contribution >= 4 is 11.6 Å². The molecule has 1 aliphatic rings. The van der Waals surface area contributed by atoms with Gasteiger partial charge in [0.05, 0.1) is 0 Å². The molecule has 1 aromatic rings. The van der Waals surface area contributed by atoms with Crippen molar-refractivity contribution in [3.05, 3.63) is 34.6 Å². The first kappa shape index (κ1) is 12.8. The van der Waals surface area contributed by atoms with Crippen molar-refractivity contribution in [2.24, 2.45) is 11.7 Å². The van der Waals surface area contributed by atoms with Crippen LogP contribution < -0.4 is 5.73 Å². The van der Waals surface area contributed by atoms with E-state index in [9.17, 15) is 4.39 Å².